The number of nitrogens with zero attached hydrogens (tertiary/aromatic N) is 4. The summed E-state index contributed by atoms with van der Waals surface area (Å²) in [4.78, 5) is 0. The van der Waals surface area contributed by atoms with E-state index in [1.807, 2.05) is 60.3 Å². The molecule has 0 atom stereocenters. The van der Waals surface area contributed by atoms with Crippen LogP contribution in [0.2, 0.25) is 0 Å². The maximum absolute atomic E-state index is 9.20. The largest absolute Gasteiger partial charge is 0.307 e. The van der Waals surface area contributed by atoms with E-state index in [1.165, 1.54) is 5.56 Å². The average molecular weight is 248 g/mol. The summed E-state index contributed by atoms with van der Waals surface area (Å²) in [5, 5.41) is 13.5. The lowest BCUT2D eigenvalue weighted by Crippen LogP contribution is -2.05. The molecule has 0 aliphatic heterocycles. The molecule has 19 heavy (non-hydrogen) atoms. The highest BCUT2D eigenvalue weighted by molar-refractivity contribution is 5.49. The van der Waals surface area contributed by atoms with Crippen molar-refractivity contribution in [3.05, 3.63) is 66.1 Å². The first-order valence-electron chi connectivity index (χ1n) is 5.98. The Kier molecular flexibility index (Phi) is 2.66. The van der Waals surface area contributed by atoms with Crippen molar-refractivity contribution in [3.63, 3.8) is 0 Å². The second-order valence-corrected chi connectivity index (χ2v) is 4.33. The Morgan fingerprint density at radius 1 is 1.11 bits per heavy atom. The van der Waals surface area contributed by atoms with Crippen molar-refractivity contribution in [1.82, 2.24) is 14.3 Å². The Morgan fingerprint density at radius 2 is 1.79 bits per heavy atom. The van der Waals surface area contributed by atoms with E-state index in [4.69, 9.17) is 0 Å². The molecule has 0 unspecified atom stereocenters. The van der Waals surface area contributed by atoms with Gasteiger partial charge in [-0.25, -0.2) is 4.68 Å². The highest BCUT2D eigenvalue weighted by Crippen LogP contribution is 2.19. The molecule has 0 saturated carbocycles. The van der Waals surface area contributed by atoms with Crippen LogP contribution < -0.4 is 0 Å². The molecule has 3 rings (SSSR count). The third-order valence-electron chi connectivity index (χ3n) is 2.99. The van der Waals surface area contributed by atoms with Crippen molar-refractivity contribution >= 4 is 0 Å². The minimum absolute atomic E-state index is 0.553. The van der Waals surface area contributed by atoms with E-state index >= 15 is 0 Å². The summed E-state index contributed by atoms with van der Waals surface area (Å²) in [6.07, 6.45) is 5.40. The van der Waals surface area contributed by atoms with E-state index in [0.717, 1.165) is 11.5 Å². The zero-order valence-electron chi connectivity index (χ0n) is 10.5. The van der Waals surface area contributed by atoms with E-state index in [2.05, 4.69) is 11.2 Å². The van der Waals surface area contributed by atoms with Crippen LogP contribution in [0.4, 0.5) is 0 Å². The van der Waals surface area contributed by atoms with Gasteiger partial charge in [0.2, 0.25) is 0 Å². The van der Waals surface area contributed by atoms with Gasteiger partial charge in [-0.2, -0.15) is 10.4 Å². The van der Waals surface area contributed by atoms with E-state index in [0.29, 0.717) is 5.56 Å². The molecular formula is C15H12N4. The van der Waals surface area contributed by atoms with Crippen LogP contribution in [0.1, 0.15) is 11.1 Å². The summed E-state index contributed by atoms with van der Waals surface area (Å²) in [5.41, 5.74) is 2.69. The van der Waals surface area contributed by atoms with Crippen LogP contribution >= 0.6 is 0 Å². The van der Waals surface area contributed by atoms with Crippen LogP contribution in [0, 0.1) is 18.3 Å². The van der Waals surface area contributed by atoms with Gasteiger partial charge in [0.1, 0.15) is 11.6 Å². The molecule has 0 bridgehead atoms. The van der Waals surface area contributed by atoms with Gasteiger partial charge in [0.05, 0.1) is 11.9 Å². The van der Waals surface area contributed by atoms with Crippen molar-refractivity contribution in [1.29, 1.82) is 5.26 Å². The summed E-state index contributed by atoms with van der Waals surface area (Å²) < 4.78 is 3.67. The highest BCUT2D eigenvalue weighted by atomic mass is 15.3. The predicted octanol–water partition coefficient (Wildman–Crippen LogP) is 2.84. The lowest BCUT2D eigenvalue weighted by Gasteiger charge is -2.09. The van der Waals surface area contributed by atoms with Gasteiger partial charge >= 0.3 is 0 Å². The predicted molar refractivity (Wildman–Crippen MR) is 72.3 cm³/mol. The van der Waals surface area contributed by atoms with Gasteiger partial charge in [-0.15, -0.1) is 0 Å². The van der Waals surface area contributed by atoms with Gasteiger partial charge < -0.3 is 4.57 Å². The fourth-order valence-corrected chi connectivity index (χ4v) is 2.02. The summed E-state index contributed by atoms with van der Waals surface area (Å²) in [7, 11) is 0. The maximum atomic E-state index is 9.20. The number of benzene rings is 1. The standard InChI is InChI=1S/C15H12N4/c1-12-4-6-14(7-5-12)19-15(13(10-16)11-17-19)18-8-2-3-9-18/h2-9,11H,1H3. The fraction of sp³-hybridized carbons (Fsp3) is 0.0667. The zero-order chi connectivity index (χ0) is 13.2. The summed E-state index contributed by atoms with van der Waals surface area (Å²) in [6.45, 7) is 2.04. The summed E-state index contributed by atoms with van der Waals surface area (Å²) in [6, 6.07) is 14.1. The van der Waals surface area contributed by atoms with E-state index in [9.17, 15) is 5.26 Å². The number of hydrogen-bond donors (Lipinski definition) is 0. The van der Waals surface area contributed by atoms with Crippen LogP contribution in [0.3, 0.4) is 0 Å². The Morgan fingerprint density at radius 3 is 2.42 bits per heavy atom. The molecule has 2 heterocycles. The topological polar surface area (TPSA) is 46.5 Å². The number of aryl methyl sites for hydroxylation is 1. The van der Waals surface area contributed by atoms with E-state index in [-0.39, 0.29) is 0 Å². The van der Waals surface area contributed by atoms with E-state index < -0.39 is 0 Å². The van der Waals surface area contributed by atoms with Crippen LogP contribution in [0.15, 0.2) is 55.0 Å². The Hall–Kier alpha value is -2.80. The molecule has 2 aromatic heterocycles. The first-order chi connectivity index (χ1) is 9.29. The summed E-state index contributed by atoms with van der Waals surface area (Å²) in [5.74, 6) is 0.761. The van der Waals surface area contributed by atoms with Crippen molar-refractivity contribution < 1.29 is 0 Å². The molecule has 0 spiro atoms. The number of hydrogen-bond acceptors (Lipinski definition) is 2. The smallest absolute Gasteiger partial charge is 0.158 e. The quantitative estimate of drug-likeness (QED) is 0.700. The third kappa shape index (κ3) is 1.91. The molecule has 92 valence electrons. The number of nitriles is 1. The zero-order valence-corrected chi connectivity index (χ0v) is 10.5. The molecular weight excluding hydrogens is 236 g/mol. The van der Waals surface area contributed by atoms with Crippen molar-refractivity contribution in [3.8, 4) is 17.6 Å². The molecule has 0 saturated heterocycles. The van der Waals surface area contributed by atoms with Crippen LogP contribution in [0.5, 0.6) is 0 Å². The third-order valence-corrected chi connectivity index (χ3v) is 2.99. The second kappa shape index (κ2) is 4.46. The monoisotopic (exact) mass is 248 g/mol. The Bertz CT molecular complexity index is 728. The molecule has 4 heteroatoms. The molecule has 0 aliphatic rings. The average Bonchev–Trinajstić information content (AvgIpc) is 3.07. The van der Waals surface area contributed by atoms with Gasteiger partial charge in [-0.1, -0.05) is 17.7 Å². The van der Waals surface area contributed by atoms with Gasteiger partial charge in [-0.05, 0) is 31.2 Å². The molecule has 0 radical (unpaired) electrons. The molecule has 4 nitrogen and oxygen atoms in total. The lowest BCUT2D eigenvalue weighted by molar-refractivity contribution is 0.822. The van der Waals surface area contributed by atoms with Gasteiger partial charge in [0.25, 0.3) is 0 Å². The van der Waals surface area contributed by atoms with Gasteiger partial charge in [-0.3, -0.25) is 0 Å². The van der Waals surface area contributed by atoms with Crippen LogP contribution in [-0.4, -0.2) is 14.3 Å². The minimum atomic E-state index is 0.553. The molecule has 1 aromatic carbocycles. The fourth-order valence-electron chi connectivity index (χ4n) is 2.02. The first-order valence-corrected chi connectivity index (χ1v) is 5.98. The molecule has 0 fully saturated rings. The molecule has 3 aromatic rings. The van der Waals surface area contributed by atoms with Gasteiger partial charge in [0.15, 0.2) is 5.82 Å². The molecule has 0 aliphatic carbocycles. The molecule has 0 N–H and O–H groups in total. The minimum Gasteiger partial charge on any atom is -0.307 e. The lowest BCUT2D eigenvalue weighted by atomic mass is 10.2. The summed E-state index contributed by atoms with van der Waals surface area (Å²) >= 11 is 0. The van der Waals surface area contributed by atoms with Crippen molar-refractivity contribution in [2.75, 3.05) is 0 Å². The Balaban J connectivity index is 2.20. The highest BCUT2D eigenvalue weighted by Gasteiger charge is 2.13. The number of rotatable bonds is 2. The van der Waals surface area contributed by atoms with Crippen LogP contribution in [-0.2, 0) is 0 Å². The number of aromatic nitrogens is 3. The SMILES string of the molecule is Cc1ccc(-n2ncc(C#N)c2-n2cccc2)cc1. The van der Waals surface area contributed by atoms with Crippen LogP contribution in [0.25, 0.3) is 11.5 Å². The second-order valence-electron chi connectivity index (χ2n) is 4.33. The maximum Gasteiger partial charge on any atom is 0.158 e. The van der Waals surface area contributed by atoms with Gasteiger partial charge in [0, 0.05) is 12.4 Å². The van der Waals surface area contributed by atoms with Crippen molar-refractivity contribution in [2.24, 2.45) is 0 Å². The Labute approximate surface area is 111 Å². The first kappa shape index (κ1) is 11.3. The normalized spacial score (nSPS) is 10.3. The molecule has 0 amide bonds. The van der Waals surface area contributed by atoms with Crippen molar-refractivity contribution in [2.45, 2.75) is 6.92 Å². The van der Waals surface area contributed by atoms with E-state index in [1.54, 1.807) is 10.9 Å².